The molecule has 0 atom stereocenters. The molecule has 1 aromatic carbocycles. The van der Waals surface area contributed by atoms with Gasteiger partial charge in [-0.15, -0.1) is 45.5 Å². The lowest BCUT2D eigenvalue weighted by molar-refractivity contribution is 0.129. The molecule has 0 amide bonds. The molecule has 0 aliphatic carbocycles. The van der Waals surface area contributed by atoms with Crippen molar-refractivity contribution in [2.45, 2.75) is 52.9 Å². The summed E-state index contributed by atoms with van der Waals surface area (Å²) in [6.45, 7) is 9.83. The molecule has 168 valence electrons. The number of halogens is 1. The Morgan fingerprint density at radius 3 is 2.48 bits per heavy atom. The molecular weight excluding hydrogens is 523 g/mol. The van der Waals surface area contributed by atoms with Crippen molar-refractivity contribution < 1.29 is 4.74 Å². The highest BCUT2D eigenvalue weighted by molar-refractivity contribution is 14.0. The highest BCUT2D eigenvalue weighted by Crippen LogP contribution is 2.23. The molecule has 2 aromatic heterocycles. The van der Waals surface area contributed by atoms with E-state index in [1.165, 1.54) is 4.88 Å². The Kier molecular flexibility index (Phi) is 9.30. The number of para-hydroxylation sites is 1. The minimum Gasteiger partial charge on any atom is -0.488 e. The normalized spacial score (nSPS) is 11.7. The van der Waals surface area contributed by atoms with Gasteiger partial charge in [-0.1, -0.05) is 24.3 Å². The number of benzene rings is 1. The smallest absolute Gasteiger partial charge is 0.192 e. The van der Waals surface area contributed by atoms with E-state index in [0.29, 0.717) is 19.6 Å². The predicted octanol–water partition coefficient (Wildman–Crippen LogP) is 4.42. The van der Waals surface area contributed by atoms with E-state index in [4.69, 9.17) is 9.73 Å². The topological polar surface area (TPSA) is 76.4 Å². The fourth-order valence-corrected chi connectivity index (χ4v) is 3.40. The van der Waals surface area contributed by atoms with E-state index in [2.05, 4.69) is 32.3 Å². The first kappa shape index (κ1) is 25.1. The lowest BCUT2D eigenvalue weighted by Gasteiger charge is -2.23. The second-order valence-corrected chi connectivity index (χ2v) is 9.03. The fraction of sp³-hybridized carbons (Fsp3) is 0.409. The molecule has 9 heteroatoms. The summed E-state index contributed by atoms with van der Waals surface area (Å²) in [4.78, 5) is 6.04. The third-order valence-corrected chi connectivity index (χ3v) is 5.28. The van der Waals surface area contributed by atoms with Crippen molar-refractivity contribution >= 4 is 41.3 Å². The van der Waals surface area contributed by atoms with Crippen LogP contribution in [0.4, 0.5) is 0 Å². The van der Waals surface area contributed by atoms with E-state index in [-0.39, 0.29) is 29.6 Å². The van der Waals surface area contributed by atoms with Crippen LogP contribution in [0, 0.1) is 6.92 Å². The molecule has 0 spiro atoms. The van der Waals surface area contributed by atoms with Crippen molar-refractivity contribution in [1.29, 1.82) is 0 Å². The first-order valence-corrected chi connectivity index (χ1v) is 10.9. The lowest BCUT2D eigenvalue weighted by Crippen LogP contribution is -2.37. The Labute approximate surface area is 205 Å². The number of ether oxygens (including phenoxy) is 1. The maximum absolute atomic E-state index is 6.10. The average molecular weight is 555 g/mol. The Morgan fingerprint density at radius 2 is 1.84 bits per heavy atom. The molecule has 2 heterocycles. The number of nitrogens with zero attached hydrogens (tertiary/aromatic N) is 4. The van der Waals surface area contributed by atoms with Crippen LogP contribution in [0.25, 0.3) is 0 Å². The first-order chi connectivity index (χ1) is 14.3. The van der Waals surface area contributed by atoms with Gasteiger partial charge < -0.3 is 19.9 Å². The predicted molar refractivity (Wildman–Crippen MR) is 137 cm³/mol. The van der Waals surface area contributed by atoms with Gasteiger partial charge in [-0.2, -0.15) is 0 Å². The third-order valence-electron chi connectivity index (χ3n) is 4.40. The summed E-state index contributed by atoms with van der Waals surface area (Å²) in [7, 11) is 1.96. The molecule has 0 aliphatic heterocycles. The largest absolute Gasteiger partial charge is 0.488 e. The number of aliphatic imine (C=N–C) groups is 1. The molecule has 2 N–H and O–H groups in total. The molecule has 0 bridgehead atoms. The minimum absolute atomic E-state index is 0. The van der Waals surface area contributed by atoms with E-state index in [1.807, 2.05) is 69.6 Å². The number of aromatic nitrogens is 3. The maximum atomic E-state index is 6.10. The summed E-state index contributed by atoms with van der Waals surface area (Å²) in [5.41, 5.74) is 0.778. The Bertz CT molecular complexity index is 978. The molecule has 3 rings (SSSR count). The van der Waals surface area contributed by atoms with Crippen LogP contribution in [0.15, 0.2) is 46.8 Å². The number of nitrogens with one attached hydrogen (secondary N) is 2. The van der Waals surface area contributed by atoms with Crippen molar-refractivity contribution in [3.63, 3.8) is 0 Å². The lowest BCUT2D eigenvalue weighted by atomic mass is 10.1. The number of hydrogen-bond acceptors (Lipinski definition) is 5. The fourth-order valence-electron chi connectivity index (χ4n) is 2.75. The van der Waals surface area contributed by atoms with Gasteiger partial charge >= 0.3 is 0 Å². The zero-order valence-electron chi connectivity index (χ0n) is 18.7. The van der Waals surface area contributed by atoms with Crippen LogP contribution in [-0.2, 0) is 26.7 Å². The first-order valence-electron chi connectivity index (χ1n) is 9.98. The van der Waals surface area contributed by atoms with Gasteiger partial charge in [0.2, 0.25) is 0 Å². The van der Waals surface area contributed by atoms with Crippen LogP contribution >= 0.6 is 35.3 Å². The molecule has 0 radical (unpaired) electrons. The molecule has 7 nitrogen and oxygen atoms in total. The van der Waals surface area contributed by atoms with Crippen LogP contribution in [-0.4, -0.2) is 26.3 Å². The quantitative estimate of drug-likeness (QED) is 0.257. The van der Waals surface area contributed by atoms with E-state index in [1.54, 1.807) is 11.3 Å². The number of thiophene rings is 1. The molecule has 31 heavy (non-hydrogen) atoms. The Balaban J connectivity index is 0.00000341. The standard InChI is InChI=1S/C22H30N6OS.HI/c1-16-26-27-20(28(16)5)15-25-21(24-14-18-10-8-12-30-18)23-13-17-9-6-7-11-19(17)29-22(2,3)4;/h6-12H,13-15H2,1-5H3,(H2,23,24,25);1H. The van der Waals surface area contributed by atoms with Crippen molar-refractivity contribution in [2.24, 2.45) is 12.0 Å². The second-order valence-electron chi connectivity index (χ2n) is 8.00. The summed E-state index contributed by atoms with van der Waals surface area (Å²) in [6, 6.07) is 12.2. The number of rotatable bonds is 7. The summed E-state index contributed by atoms with van der Waals surface area (Å²) in [6.07, 6.45) is 0. The van der Waals surface area contributed by atoms with Gasteiger partial charge in [-0.05, 0) is 45.2 Å². The number of hydrogen-bond donors (Lipinski definition) is 2. The molecule has 0 fully saturated rings. The monoisotopic (exact) mass is 554 g/mol. The van der Waals surface area contributed by atoms with E-state index >= 15 is 0 Å². The highest BCUT2D eigenvalue weighted by atomic mass is 127. The van der Waals surface area contributed by atoms with Gasteiger partial charge in [-0.25, -0.2) is 4.99 Å². The van der Waals surface area contributed by atoms with E-state index in [9.17, 15) is 0 Å². The van der Waals surface area contributed by atoms with Crippen LogP contribution in [0.1, 0.15) is 42.9 Å². The summed E-state index contributed by atoms with van der Waals surface area (Å²) >= 11 is 1.72. The Hall–Kier alpha value is -2.14. The molecule has 0 unspecified atom stereocenters. The summed E-state index contributed by atoms with van der Waals surface area (Å²) in [5, 5.41) is 17.2. The van der Waals surface area contributed by atoms with Gasteiger partial charge in [0.25, 0.3) is 0 Å². The summed E-state index contributed by atoms with van der Waals surface area (Å²) < 4.78 is 8.07. The van der Waals surface area contributed by atoms with Crippen LogP contribution in [0.5, 0.6) is 5.75 Å². The molecular formula is C22H31IN6OS. The van der Waals surface area contributed by atoms with Gasteiger partial charge in [0.05, 0.1) is 19.6 Å². The van der Waals surface area contributed by atoms with Gasteiger partial charge in [0.15, 0.2) is 11.8 Å². The number of aryl methyl sites for hydroxylation is 1. The Morgan fingerprint density at radius 1 is 1.10 bits per heavy atom. The van der Waals surface area contributed by atoms with E-state index in [0.717, 1.165) is 28.9 Å². The number of guanidine groups is 1. The van der Waals surface area contributed by atoms with Crippen molar-refractivity contribution in [3.05, 3.63) is 63.9 Å². The second kappa shape index (κ2) is 11.5. The summed E-state index contributed by atoms with van der Waals surface area (Å²) in [5.74, 6) is 3.31. The van der Waals surface area contributed by atoms with Gasteiger partial charge in [0.1, 0.15) is 17.2 Å². The zero-order chi connectivity index (χ0) is 21.6. The minimum atomic E-state index is -0.263. The third kappa shape index (κ3) is 7.80. The van der Waals surface area contributed by atoms with Crippen molar-refractivity contribution in [1.82, 2.24) is 25.4 Å². The van der Waals surface area contributed by atoms with E-state index < -0.39 is 0 Å². The molecule has 0 aliphatic rings. The molecule has 0 saturated heterocycles. The molecule has 3 aromatic rings. The SMILES string of the molecule is Cc1nnc(CNC(=NCc2ccccc2OC(C)(C)C)NCc2cccs2)n1C.I. The van der Waals surface area contributed by atoms with Crippen LogP contribution in [0.3, 0.4) is 0 Å². The van der Waals surface area contributed by atoms with Crippen LogP contribution in [0.2, 0.25) is 0 Å². The zero-order valence-corrected chi connectivity index (χ0v) is 21.8. The average Bonchev–Trinajstić information content (AvgIpc) is 3.32. The van der Waals surface area contributed by atoms with Crippen molar-refractivity contribution in [2.75, 3.05) is 0 Å². The maximum Gasteiger partial charge on any atom is 0.192 e. The van der Waals surface area contributed by atoms with Crippen molar-refractivity contribution in [3.8, 4) is 5.75 Å². The van der Waals surface area contributed by atoms with Gasteiger partial charge in [0, 0.05) is 17.5 Å². The van der Waals surface area contributed by atoms with Gasteiger partial charge in [-0.3, -0.25) is 0 Å². The van der Waals surface area contributed by atoms with Crippen LogP contribution < -0.4 is 15.4 Å². The highest BCUT2D eigenvalue weighted by Gasteiger charge is 2.14. The molecule has 0 saturated carbocycles.